The Balaban J connectivity index is 0.00000256. The van der Waals surface area contributed by atoms with Gasteiger partial charge in [0.2, 0.25) is 0 Å². The first-order chi connectivity index (χ1) is 14.2. The zero-order chi connectivity index (χ0) is 20.1. The van der Waals surface area contributed by atoms with Gasteiger partial charge in [0.1, 0.15) is 5.82 Å². The number of guanidine groups is 1. The monoisotopic (exact) mass is 544 g/mol. The summed E-state index contributed by atoms with van der Waals surface area (Å²) in [4.78, 5) is 12.3. The maximum atomic E-state index is 13.4. The van der Waals surface area contributed by atoms with Crippen LogP contribution in [0.4, 0.5) is 4.39 Å². The standard InChI is InChI=1S/C20H25FN6OS.HI/c1-22-19(23-12-17-14-27-8-11-29-20(27)25-17)24-13-18(26-6-9-28-10-7-26)15-2-4-16(21)5-3-15;/h2-5,8,11,14,18H,6-7,9-10,12-13H2,1H3,(H2,22,23,24);1H. The number of fused-ring (bicyclic) bond motifs is 1. The van der Waals surface area contributed by atoms with Gasteiger partial charge in [0.15, 0.2) is 10.9 Å². The van der Waals surface area contributed by atoms with Crippen molar-refractivity contribution in [2.45, 2.75) is 12.6 Å². The van der Waals surface area contributed by atoms with Gasteiger partial charge >= 0.3 is 0 Å². The van der Waals surface area contributed by atoms with Crippen LogP contribution in [-0.4, -0.2) is 60.1 Å². The summed E-state index contributed by atoms with van der Waals surface area (Å²) in [5.74, 6) is 0.488. The highest BCUT2D eigenvalue weighted by Crippen LogP contribution is 2.21. The quantitative estimate of drug-likeness (QED) is 0.284. The molecule has 1 atom stereocenters. The van der Waals surface area contributed by atoms with E-state index >= 15 is 0 Å². The topological polar surface area (TPSA) is 66.2 Å². The summed E-state index contributed by atoms with van der Waals surface area (Å²) in [7, 11) is 1.75. The van der Waals surface area contributed by atoms with E-state index in [2.05, 4.69) is 25.5 Å². The average molecular weight is 544 g/mol. The van der Waals surface area contributed by atoms with Gasteiger partial charge in [-0.1, -0.05) is 12.1 Å². The number of benzene rings is 1. The molecule has 3 heterocycles. The van der Waals surface area contributed by atoms with E-state index in [9.17, 15) is 4.39 Å². The normalized spacial score (nSPS) is 16.3. The van der Waals surface area contributed by atoms with Gasteiger partial charge in [-0.3, -0.25) is 14.3 Å². The van der Waals surface area contributed by atoms with E-state index in [0.29, 0.717) is 32.3 Å². The first kappa shape index (κ1) is 22.9. The van der Waals surface area contributed by atoms with Gasteiger partial charge < -0.3 is 15.4 Å². The molecule has 1 aromatic carbocycles. The highest BCUT2D eigenvalue weighted by Gasteiger charge is 2.23. The summed E-state index contributed by atoms with van der Waals surface area (Å²) in [5, 5.41) is 8.74. The van der Waals surface area contributed by atoms with Crippen molar-refractivity contribution in [3.05, 3.63) is 59.1 Å². The second-order valence-electron chi connectivity index (χ2n) is 6.85. The summed E-state index contributed by atoms with van der Waals surface area (Å²) >= 11 is 1.61. The van der Waals surface area contributed by atoms with Gasteiger partial charge in [-0.2, -0.15) is 0 Å². The molecular weight excluding hydrogens is 518 g/mol. The predicted octanol–water partition coefficient (Wildman–Crippen LogP) is 2.89. The number of aromatic nitrogens is 2. The minimum absolute atomic E-state index is 0. The molecule has 2 aromatic heterocycles. The summed E-state index contributed by atoms with van der Waals surface area (Å²) in [6.07, 6.45) is 4.01. The summed E-state index contributed by atoms with van der Waals surface area (Å²) in [6, 6.07) is 6.84. The molecule has 0 spiro atoms. The van der Waals surface area contributed by atoms with Crippen LogP contribution in [0.3, 0.4) is 0 Å². The molecule has 162 valence electrons. The molecule has 1 fully saturated rings. The molecule has 30 heavy (non-hydrogen) atoms. The molecular formula is C20H26FIN6OS. The smallest absolute Gasteiger partial charge is 0.193 e. The lowest BCUT2D eigenvalue weighted by molar-refractivity contribution is 0.0170. The fourth-order valence-electron chi connectivity index (χ4n) is 3.48. The Labute approximate surface area is 196 Å². The molecule has 3 aromatic rings. The number of rotatable bonds is 6. The van der Waals surface area contributed by atoms with Crippen molar-refractivity contribution in [1.29, 1.82) is 0 Å². The fourth-order valence-corrected chi connectivity index (χ4v) is 4.20. The maximum absolute atomic E-state index is 13.4. The van der Waals surface area contributed by atoms with Crippen LogP contribution >= 0.6 is 35.3 Å². The van der Waals surface area contributed by atoms with E-state index < -0.39 is 0 Å². The number of hydrogen-bond donors (Lipinski definition) is 2. The number of aliphatic imine (C=N–C) groups is 1. The molecule has 1 saturated heterocycles. The number of imidazole rings is 1. The van der Waals surface area contributed by atoms with Crippen molar-refractivity contribution in [2.75, 3.05) is 39.9 Å². The van der Waals surface area contributed by atoms with Crippen molar-refractivity contribution in [3.63, 3.8) is 0 Å². The Kier molecular flexibility index (Phi) is 8.42. The number of hydrogen-bond acceptors (Lipinski definition) is 5. The Morgan fingerprint density at radius 3 is 2.73 bits per heavy atom. The first-order valence-corrected chi connectivity index (χ1v) is 10.5. The second kappa shape index (κ2) is 11.0. The van der Waals surface area contributed by atoms with Gasteiger partial charge in [-0.15, -0.1) is 35.3 Å². The van der Waals surface area contributed by atoms with Crippen molar-refractivity contribution >= 4 is 46.2 Å². The van der Waals surface area contributed by atoms with Crippen LogP contribution in [0.25, 0.3) is 4.96 Å². The second-order valence-corrected chi connectivity index (χ2v) is 7.72. The van der Waals surface area contributed by atoms with E-state index in [-0.39, 0.29) is 35.8 Å². The minimum atomic E-state index is -0.222. The largest absolute Gasteiger partial charge is 0.379 e. The Morgan fingerprint density at radius 2 is 2.03 bits per heavy atom. The molecule has 0 aliphatic carbocycles. The van der Waals surface area contributed by atoms with E-state index in [1.54, 1.807) is 18.4 Å². The number of ether oxygens (including phenoxy) is 1. The SMILES string of the molecule is CN=C(NCc1cn2ccsc2n1)NCC(c1ccc(F)cc1)N1CCOCC1.I. The Hall–Kier alpha value is -1.76. The van der Waals surface area contributed by atoms with E-state index in [0.717, 1.165) is 29.3 Å². The molecule has 4 rings (SSSR count). The van der Waals surface area contributed by atoms with Gasteiger partial charge in [-0.25, -0.2) is 9.37 Å². The molecule has 2 N–H and O–H groups in total. The van der Waals surface area contributed by atoms with Crippen molar-refractivity contribution in [2.24, 2.45) is 4.99 Å². The third-order valence-corrected chi connectivity index (χ3v) is 5.78. The fraction of sp³-hybridized carbons (Fsp3) is 0.400. The molecule has 1 unspecified atom stereocenters. The molecule has 0 amide bonds. The molecule has 1 aliphatic rings. The van der Waals surface area contributed by atoms with Crippen LogP contribution in [0, 0.1) is 5.82 Å². The van der Waals surface area contributed by atoms with Gasteiger partial charge in [0.05, 0.1) is 31.5 Å². The number of nitrogens with zero attached hydrogens (tertiary/aromatic N) is 4. The van der Waals surface area contributed by atoms with Gasteiger partial charge in [0.25, 0.3) is 0 Å². The summed E-state index contributed by atoms with van der Waals surface area (Å²) in [5.41, 5.74) is 2.04. The van der Waals surface area contributed by atoms with Crippen molar-refractivity contribution in [3.8, 4) is 0 Å². The Bertz CT molecular complexity index is 925. The van der Waals surface area contributed by atoms with Crippen LogP contribution in [-0.2, 0) is 11.3 Å². The lowest BCUT2D eigenvalue weighted by atomic mass is 10.0. The summed E-state index contributed by atoms with van der Waals surface area (Å²) in [6.45, 7) is 4.36. The molecule has 10 heteroatoms. The lowest BCUT2D eigenvalue weighted by Crippen LogP contribution is -2.46. The van der Waals surface area contributed by atoms with Crippen molar-refractivity contribution in [1.82, 2.24) is 24.9 Å². The van der Waals surface area contributed by atoms with Crippen LogP contribution < -0.4 is 10.6 Å². The van der Waals surface area contributed by atoms with Crippen LogP contribution in [0.5, 0.6) is 0 Å². The molecule has 0 bridgehead atoms. The molecule has 0 radical (unpaired) electrons. The minimum Gasteiger partial charge on any atom is -0.379 e. The third kappa shape index (κ3) is 5.68. The number of nitrogens with one attached hydrogen (secondary N) is 2. The van der Waals surface area contributed by atoms with Crippen LogP contribution in [0.1, 0.15) is 17.3 Å². The zero-order valence-corrected chi connectivity index (χ0v) is 19.9. The predicted molar refractivity (Wildman–Crippen MR) is 128 cm³/mol. The highest BCUT2D eigenvalue weighted by molar-refractivity contribution is 14.0. The highest BCUT2D eigenvalue weighted by atomic mass is 127. The zero-order valence-electron chi connectivity index (χ0n) is 16.8. The Morgan fingerprint density at radius 1 is 1.27 bits per heavy atom. The molecule has 0 saturated carbocycles. The van der Waals surface area contributed by atoms with Gasteiger partial charge in [0, 0.05) is 44.5 Å². The van der Waals surface area contributed by atoms with Gasteiger partial charge in [-0.05, 0) is 17.7 Å². The molecule has 7 nitrogen and oxygen atoms in total. The average Bonchev–Trinajstić information content (AvgIpc) is 3.34. The van der Waals surface area contributed by atoms with Crippen molar-refractivity contribution < 1.29 is 9.13 Å². The maximum Gasteiger partial charge on any atom is 0.193 e. The van der Waals surface area contributed by atoms with Crippen LogP contribution in [0.15, 0.2) is 47.0 Å². The van der Waals surface area contributed by atoms with Crippen LogP contribution in [0.2, 0.25) is 0 Å². The van der Waals surface area contributed by atoms with E-state index in [4.69, 9.17) is 4.74 Å². The van der Waals surface area contributed by atoms with E-state index in [1.807, 2.05) is 34.3 Å². The first-order valence-electron chi connectivity index (χ1n) is 9.66. The third-order valence-electron chi connectivity index (χ3n) is 5.01. The molecule has 1 aliphatic heterocycles. The lowest BCUT2D eigenvalue weighted by Gasteiger charge is -2.35. The summed E-state index contributed by atoms with van der Waals surface area (Å²) < 4.78 is 20.9. The van der Waals surface area contributed by atoms with E-state index in [1.165, 1.54) is 12.1 Å². The number of thiazole rings is 1. The number of morpholine rings is 1. The number of halogens is 2.